The molecule has 0 N–H and O–H groups in total. The van der Waals surface area contributed by atoms with Gasteiger partial charge in [0.05, 0.1) is 16.4 Å². The van der Waals surface area contributed by atoms with Gasteiger partial charge >= 0.3 is 0 Å². The van der Waals surface area contributed by atoms with Gasteiger partial charge in [0, 0.05) is 38.5 Å². The Balaban J connectivity index is 1.32. The molecule has 0 atom stereocenters. The van der Waals surface area contributed by atoms with E-state index in [-0.39, 0.29) is 0 Å². The second-order valence-corrected chi connectivity index (χ2v) is 11.3. The molecule has 0 radical (unpaired) electrons. The summed E-state index contributed by atoms with van der Waals surface area (Å²) < 4.78 is 8.97. The lowest BCUT2D eigenvalue weighted by Crippen LogP contribution is -2.01. The van der Waals surface area contributed by atoms with Crippen LogP contribution in [0.2, 0.25) is 0 Å². The molecule has 9 aromatic rings. The minimum absolute atomic E-state index is 0.617. The monoisotopic (exact) mass is 578 g/mol. The van der Waals surface area contributed by atoms with Crippen LogP contribution in [0, 0.1) is 6.92 Å². The molecule has 5 nitrogen and oxygen atoms in total. The fourth-order valence-corrected chi connectivity index (χ4v) is 6.49. The lowest BCUT2D eigenvalue weighted by molar-refractivity contribution is 0.669. The van der Waals surface area contributed by atoms with Crippen LogP contribution in [0.25, 0.3) is 83.6 Å². The quantitative estimate of drug-likeness (QED) is 0.208. The highest BCUT2D eigenvalue weighted by molar-refractivity contribution is 6.24. The summed E-state index contributed by atoms with van der Waals surface area (Å²) in [5.41, 5.74) is 8.93. The molecule has 6 aromatic carbocycles. The molecule has 0 spiro atoms. The van der Waals surface area contributed by atoms with Crippen molar-refractivity contribution in [2.24, 2.45) is 0 Å². The summed E-state index contributed by atoms with van der Waals surface area (Å²) in [5, 5.41) is 4.58. The summed E-state index contributed by atoms with van der Waals surface area (Å²) in [7, 11) is 0. The van der Waals surface area contributed by atoms with Gasteiger partial charge in [-0.2, -0.15) is 0 Å². The first kappa shape index (κ1) is 25.4. The van der Waals surface area contributed by atoms with Crippen LogP contribution in [0.4, 0.5) is 0 Å². The van der Waals surface area contributed by atoms with Crippen molar-refractivity contribution >= 4 is 43.7 Å². The molecule has 45 heavy (non-hydrogen) atoms. The normalized spacial score (nSPS) is 11.7. The predicted molar refractivity (Wildman–Crippen MR) is 182 cm³/mol. The van der Waals surface area contributed by atoms with E-state index in [0.29, 0.717) is 17.5 Å². The molecule has 5 heteroatoms. The van der Waals surface area contributed by atoms with Gasteiger partial charge in [0.15, 0.2) is 17.5 Å². The van der Waals surface area contributed by atoms with Crippen LogP contribution in [0.1, 0.15) is 5.56 Å². The molecule has 0 bridgehead atoms. The first-order chi connectivity index (χ1) is 22.2. The Bertz CT molecular complexity index is 2470. The second-order valence-electron chi connectivity index (χ2n) is 11.3. The Morgan fingerprint density at radius 2 is 1.11 bits per heavy atom. The van der Waals surface area contributed by atoms with Crippen molar-refractivity contribution in [3.05, 3.63) is 145 Å². The molecule has 0 amide bonds. The van der Waals surface area contributed by atoms with Gasteiger partial charge in [-0.1, -0.05) is 97.1 Å². The summed E-state index contributed by atoms with van der Waals surface area (Å²) in [5.74, 6) is 1.89. The largest absolute Gasteiger partial charge is 0.456 e. The third kappa shape index (κ3) is 4.05. The molecule has 9 rings (SSSR count). The number of aromatic nitrogens is 4. The SMILES string of the molecule is Cc1cc2c(cc1-c1nc(-c3ccccc3)nc(-c3ccccc3)n1)oc1ccc3c4ccccc4n(-c4ccccc4)c3c12. The number of benzene rings is 6. The molecule has 0 unspecified atom stereocenters. The van der Waals surface area contributed by atoms with Crippen molar-refractivity contribution in [3.63, 3.8) is 0 Å². The van der Waals surface area contributed by atoms with E-state index in [4.69, 9.17) is 19.4 Å². The number of nitrogens with zero attached hydrogens (tertiary/aromatic N) is 4. The molecular weight excluding hydrogens is 552 g/mol. The molecular formula is C40H26N4O. The van der Waals surface area contributed by atoms with E-state index >= 15 is 0 Å². The number of para-hydroxylation sites is 2. The van der Waals surface area contributed by atoms with E-state index in [1.807, 2.05) is 60.7 Å². The maximum Gasteiger partial charge on any atom is 0.164 e. The third-order valence-electron chi connectivity index (χ3n) is 8.57. The zero-order valence-corrected chi connectivity index (χ0v) is 24.5. The minimum atomic E-state index is 0.617. The van der Waals surface area contributed by atoms with Crippen molar-refractivity contribution in [2.75, 3.05) is 0 Å². The summed E-state index contributed by atoms with van der Waals surface area (Å²) in [4.78, 5) is 14.8. The predicted octanol–water partition coefficient (Wildman–Crippen LogP) is 10.2. The van der Waals surface area contributed by atoms with E-state index in [1.165, 1.54) is 16.3 Å². The van der Waals surface area contributed by atoms with Gasteiger partial charge in [-0.25, -0.2) is 15.0 Å². The number of rotatable bonds is 4. The highest BCUT2D eigenvalue weighted by Gasteiger charge is 2.21. The van der Waals surface area contributed by atoms with Crippen LogP contribution in [-0.2, 0) is 0 Å². The standard InChI is InChI=1S/C40H26N4O/c1-25-23-32-35(24-31(25)40-42-38(26-13-5-2-6-14-26)41-39(43-40)27-15-7-3-8-16-27)45-34-22-21-30-29-19-11-12-20-33(29)44(37(30)36(32)34)28-17-9-4-10-18-28/h2-24H,1H3. The number of fused-ring (bicyclic) bond motifs is 7. The number of furan rings is 1. The van der Waals surface area contributed by atoms with Gasteiger partial charge < -0.3 is 8.98 Å². The average molecular weight is 579 g/mol. The molecule has 0 aliphatic heterocycles. The van der Waals surface area contributed by atoms with E-state index in [2.05, 4.69) is 90.4 Å². The van der Waals surface area contributed by atoms with Gasteiger partial charge in [0.1, 0.15) is 11.2 Å². The van der Waals surface area contributed by atoms with Crippen molar-refractivity contribution < 1.29 is 4.42 Å². The zero-order chi connectivity index (χ0) is 29.9. The van der Waals surface area contributed by atoms with Crippen molar-refractivity contribution in [2.45, 2.75) is 6.92 Å². The maximum absolute atomic E-state index is 6.61. The Morgan fingerprint density at radius 1 is 0.511 bits per heavy atom. The topological polar surface area (TPSA) is 56.7 Å². The molecule has 0 aliphatic carbocycles. The van der Waals surface area contributed by atoms with Crippen LogP contribution in [0.3, 0.4) is 0 Å². The summed E-state index contributed by atoms with van der Waals surface area (Å²) in [6.07, 6.45) is 0. The maximum atomic E-state index is 6.61. The van der Waals surface area contributed by atoms with Gasteiger partial charge in [-0.15, -0.1) is 0 Å². The van der Waals surface area contributed by atoms with E-state index in [0.717, 1.165) is 55.4 Å². The number of hydrogen-bond acceptors (Lipinski definition) is 4. The number of hydrogen-bond donors (Lipinski definition) is 0. The number of aryl methyl sites for hydroxylation is 1. The van der Waals surface area contributed by atoms with Crippen molar-refractivity contribution in [1.29, 1.82) is 0 Å². The Morgan fingerprint density at radius 3 is 1.80 bits per heavy atom. The van der Waals surface area contributed by atoms with E-state index < -0.39 is 0 Å². The Hall–Kier alpha value is -6.07. The van der Waals surface area contributed by atoms with Crippen LogP contribution in [0.5, 0.6) is 0 Å². The molecule has 0 fully saturated rings. The molecule has 0 aliphatic rings. The van der Waals surface area contributed by atoms with Crippen LogP contribution >= 0.6 is 0 Å². The highest BCUT2D eigenvalue weighted by Crippen LogP contribution is 2.42. The minimum Gasteiger partial charge on any atom is -0.456 e. The fraction of sp³-hybridized carbons (Fsp3) is 0.0250. The van der Waals surface area contributed by atoms with Gasteiger partial charge in [0.2, 0.25) is 0 Å². The lowest BCUT2D eigenvalue weighted by atomic mass is 10.0. The lowest BCUT2D eigenvalue weighted by Gasteiger charge is -2.10. The zero-order valence-electron chi connectivity index (χ0n) is 24.5. The molecule has 212 valence electrons. The highest BCUT2D eigenvalue weighted by atomic mass is 16.3. The Kier molecular flexibility index (Phi) is 5.65. The van der Waals surface area contributed by atoms with Crippen LogP contribution < -0.4 is 0 Å². The smallest absolute Gasteiger partial charge is 0.164 e. The summed E-state index contributed by atoms with van der Waals surface area (Å²) in [6.45, 7) is 2.12. The van der Waals surface area contributed by atoms with E-state index in [9.17, 15) is 0 Å². The Labute approximate surface area is 259 Å². The summed E-state index contributed by atoms with van der Waals surface area (Å²) in [6, 6.07) is 47.8. The second kappa shape index (κ2) is 10.00. The van der Waals surface area contributed by atoms with E-state index in [1.54, 1.807) is 0 Å². The van der Waals surface area contributed by atoms with Crippen molar-refractivity contribution in [3.8, 4) is 39.9 Å². The van der Waals surface area contributed by atoms with Crippen LogP contribution in [0.15, 0.2) is 144 Å². The molecule has 0 saturated heterocycles. The van der Waals surface area contributed by atoms with Gasteiger partial charge in [-0.3, -0.25) is 0 Å². The first-order valence-electron chi connectivity index (χ1n) is 15.0. The first-order valence-corrected chi connectivity index (χ1v) is 15.0. The molecule has 0 saturated carbocycles. The van der Waals surface area contributed by atoms with Crippen LogP contribution in [-0.4, -0.2) is 19.5 Å². The van der Waals surface area contributed by atoms with Gasteiger partial charge in [0.25, 0.3) is 0 Å². The average Bonchev–Trinajstić information content (AvgIpc) is 3.64. The molecule has 3 heterocycles. The molecule has 3 aromatic heterocycles. The van der Waals surface area contributed by atoms with Crippen molar-refractivity contribution in [1.82, 2.24) is 19.5 Å². The fourth-order valence-electron chi connectivity index (χ4n) is 6.49. The van der Waals surface area contributed by atoms with Gasteiger partial charge in [-0.05, 0) is 55.0 Å². The third-order valence-corrected chi connectivity index (χ3v) is 8.57. The summed E-state index contributed by atoms with van der Waals surface area (Å²) >= 11 is 0.